The van der Waals surface area contributed by atoms with Crippen molar-refractivity contribution in [3.05, 3.63) is 59.7 Å². The van der Waals surface area contributed by atoms with E-state index in [9.17, 15) is 4.79 Å². The van der Waals surface area contributed by atoms with Crippen molar-refractivity contribution in [2.45, 2.75) is 70.0 Å². The number of rotatable bonds is 5. The molecule has 0 spiro atoms. The fourth-order valence-electron chi connectivity index (χ4n) is 4.65. The summed E-state index contributed by atoms with van der Waals surface area (Å²) in [6.07, 6.45) is 9.71. The Morgan fingerprint density at radius 1 is 1.07 bits per heavy atom. The number of aryl methyl sites for hydroxylation is 1. The molecule has 1 aromatic carbocycles. The van der Waals surface area contributed by atoms with Crippen molar-refractivity contribution in [2.75, 3.05) is 6.54 Å². The maximum Gasteiger partial charge on any atom is 0.237 e. The van der Waals surface area contributed by atoms with Crippen molar-refractivity contribution in [3.8, 4) is 0 Å². The van der Waals surface area contributed by atoms with Gasteiger partial charge in [0.2, 0.25) is 5.91 Å². The van der Waals surface area contributed by atoms with Gasteiger partial charge < -0.3 is 5.32 Å². The summed E-state index contributed by atoms with van der Waals surface area (Å²) in [6, 6.07) is 12.4. The molecule has 4 rings (SSSR count). The van der Waals surface area contributed by atoms with Gasteiger partial charge >= 0.3 is 0 Å². The third-order valence-electron chi connectivity index (χ3n) is 6.05. The highest BCUT2D eigenvalue weighted by molar-refractivity contribution is 5.82. The zero-order valence-electron chi connectivity index (χ0n) is 16.7. The standard InChI is InChI=1S/C23H30N4O/c1-17-14-15-24-22(25-17)21(18-9-4-2-5-10-18)27-16-8-13-20(27)23(28)26-19-11-6-3-7-12-19/h2,4-5,9-10,14-15,19-21H,3,6-8,11-13,16H2,1H3,(H,26,28)/t20-,21-/m0/s1. The van der Waals surface area contributed by atoms with E-state index in [-0.39, 0.29) is 18.0 Å². The van der Waals surface area contributed by atoms with Gasteiger partial charge in [-0.15, -0.1) is 0 Å². The minimum atomic E-state index is -0.115. The average molecular weight is 379 g/mol. The van der Waals surface area contributed by atoms with Crippen LogP contribution in [0.15, 0.2) is 42.6 Å². The van der Waals surface area contributed by atoms with Crippen molar-refractivity contribution in [1.82, 2.24) is 20.2 Å². The zero-order chi connectivity index (χ0) is 19.3. The van der Waals surface area contributed by atoms with Crippen LogP contribution in [0.2, 0.25) is 0 Å². The van der Waals surface area contributed by atoms with Gasteiger partial charge in [-0.25, -0.2) is 9.97 Å². The first-order valence-electron chi connectivity index (χ1n) is 10.6. The minimum absolute atomic E-state index is 0.0919. The van der Waals surface area contributed by atoms with Crippen LogP contribution in [-0.2, 0) is 4.79 Å². The molecule has 1 saturated carbocycles. The molecule has 2 fully saturated rings. The number of hydrogen-bond acceptors (Lipinski definition) is 4. The Hall–Kier alpha value is -2.27. The van der Waals surface area contributed by atoms with Gasteiger partial charge in [0.25, 0.3) is 0 Å². The van der Waals surface area contributed by atoms with E-state index < -0.39 is 0 Å². The second-order valence-electron chi connectivity index (χ2n) is 8.11. The van der Waals surface area contributed by atoms with Crippen LogP contribution in [0.5, 0.6) is 0 Å². The van der Waals surface area contributed by atoms with Gasteiger partial charge in [-0.05, 0) is 44.2 Å². The predicted octanol–water partition coefficient (Wildman–Crippen LogP) is 3.79. The molecule has 0 bridgehead atoms. The van der Waals surface area contributed by atoms with Crippen LogP contribution >= 0.6 is 0 Å². The van der Waals surface area contributed by atoms with E-state index in [4.69, 9.17) is 4.98 Å². The summed E-state index contributed by atoms with van der Waals surface area (Å²) in [5, 5.41) is 3.34. The molecule has 2 aliphatic rings. The second kappa shape index (κ2) is 8.82. The molecule has 1 N–H and O–H groups in total. The number of nitrogens with zero attached hydrogens (tertiary/aromatic N) is 3. The van der Waals surface area contributed by atoms with Gasteiger partial charge in [0, 0.05) is 24.5 Å². The smallest absolute Gasteiger partial charge is 0.237 e. The van der Waals surface area contributed by atoms with Gasteiger partial charge in [-0.3, -0.25) is 9.69 Å². The average Bonchev–Trinajstić information content (AvgIpc) is 3.19. The van der Waals surface area contributed by atoms with Crippen molar-refractivity contribution in [3.63, 3.8) is 0 Å². The van der Waals surface area contributed by atoms with Crippen LogP contribution in [0.25, 0.3) is 0 Å². The monoisotopic (exact) mass is 378 g/mol. The number of carbonyl (C=O) groups is 1. The highest BCUT2D eigenvalue weighted by atomic mass is 16.2. The lowest BCUT2D eigenvalue weighted by atomic mass is 9.95. The van der Waals surface area contributed by atoms with Crippen LogP contribution in [0, 0.1) is 6.92 Å². The van der Waals surface area contributed by atoms with Gasteiger partial charge in [-0.1, -0.05) is 49.6 Å². The molecule has 28 heavy (non-hydrogen) atoms. The molecule has 0 radical (unpaired) electrons. The fraction of sp³-hybridized carbons (Fsp3) is 0.522. The molecular formula is C23H30N4O. The van der Waals surface area contributed by atoms with E-state index in [1.165, 1.54) is 19.3 Å². The van der Waals surface area contributed by atoms with Gasteiger partial charge in [-0.2, -0.15) is 0 Å². The maximum absolute atomic E-state index is 13.2. The topological polar surface area (TPSA) is 58.1 Å². The first-order valence-corrected chi connectivity index (χ1v) is 10.6. The lowest BCUT2D eigenvalue weighted by Gasteiger charge is -2.33. The van der Waals surface area contributed by atoms with E-state index in [0.717, 1.165) is 49.3 Å². The number of likely N-dealkylation sites (tertiary alicyclic amines) is 1. The Morgan fingerprint density at radius 2 is 1.86 bits per heavy atom. The highest BCUT2D eigenvalue weighted by Gasteiger charge is 2.38. The van der Waals surface area contributed by atoms with E-state index in [1.807, 2.05) is 37.4 Å². The van der Waals surface area contributed by atoms with Crippen LogP contribution in [0.4, 0.5) is 0 Å². The van der Waals surface area contributed by atoms with Crippen molar-refractivity contribution >= 4 is 5.91 Å². The van der Waals surface area contributed by atoms with Gasteiger partial charge in [0.05, 0.1) is 12.1 Å². The summed E-state index contributed by atoms with van der Waals surface area (Å²) >= 11 is 0. The molecule has 2 atom stereocenters. The Bertz CT molecular complexity index is 788. The summed E-state index contributed by atoms with van der Waals surface area (Å²) in [7, 11) is 0. The fourth-order valence-corrected chi connectivity index (χ4v) is 4.65. The number of aromatic nitrogens is 2. The van der Waals surface area contributed by atoms with Crippen LogP contribution in [0.3, 0.4) is 0 Å². The quantitative estimate of drug-likeness (QED) is 0.860. The molecule has 1 saturated heterocycles. The molecule has 2 aromatic rings. The minimum Gasteiger partial charge on any atom is -0.352 e. The molecule has 5 heteroatoms. The van der Waals surface area contributed by atoms with Crippen LogP contribution < -0.4 is 5.32 Å². The van der Waals surface area contributed by atoms with E-state index in [1.54, 1.807) is 0 Å². The molecule has 5 nitrogen and oxygen atoms in total. The van der Waals surface area contributed by atoms with Crippen molar-refractivity contribution < 1.29 is 4.79 Å². The molecule has 0 unspecified atom stereocenters. The van der Waals surface area contributed by atoms with Crippen molar-refractivity contribution in [2.24, 2.45) is 0 Å². The Morgan fingerprint density at radius 3 is 2.61 bits per heavy atom. The Kier molecular flexibility index (Phi) is 6.01. The molecule has 1 aliphatic carbocycles. The second-order valence-corrected chi connectivity index (χ2v) is 8.11. The van der Waals surface area contributed by atoms with Crippen LogP contribution in [0.1, 0.15) is 68.1 Å². The molecule has 1 amide bonds. The largest absolute Gasteiger partial charge is 0.352 e. The maximum atomic E-state index is 13.2. The summed E-state index contributed by atoms with van der Waals surface area (Å²) in [5.74, 6) is 0.960. The first-order chi connectivity index (χ1) is 13.7. The molecule has 148 valence electrons. The van der Waals surface area contributed by atoms with Gasteiger partial charge in [0.1, 0.15) is 5.82 Å². The normalized spacial score (nSPS) is 22.1. The van der Waals surface area contributed by atoms with Crippen molar-refractivity contribution in [1.29, 1.82) is 0 Å². The summed E-state index contributed by atoms with van der Waals surface area (Å²) in [5.41, 5.74) is 2.10. The number of nitrogens with one attached hydrogen (secondary N) is 1. The lowest BCUT2D eigenvalue weighted by Crippen LogP contribution is -2.48. The van der Waals surface area contributed by atoms with Crippen LogP contribution in [-0.4, -0.2) is 39.4 Å². The number of hydrogen-bond donors (Lipinski definition) is 1. The zero-order valence-corrected chi connectivity index (χ0v) is 16.7. The van der Waals surface area contributed by atoms with E-state index in [0.29, 0.717) is 6.04 Å². The molecule has 2 heterocycles. The van der Waals surface area contributed by atoms with Gasteiger partial charge in [0.15, 0.2) is 0 Å². The van der Waals surface area contributed by atoms with E-state index in [2.05, 4.69) is 27.3 Å². The summed E-state index contributed by atoms with van der Waals surface area (Å²) < 4.78 is 0. The SMILES string of the molecule is Cc1ccnc([C@H](c2ccccc2)N2CCC[C@H]2C(=O)NC2CCCCC2)n1. The number of amides is 1. The number of carbonyl (C=O) groups excluding carboxylic acids is 1. The lowest BCUT2D eigenvalue weighted by molar-refractivity contribution is -0.127. The highest BCUT2D eigenvalue weighted by Crippen LogP contribution is 2.33. The predicted molar refractivity (Wildman–Crippen MR) is 110 cm³/mol. The third-order valence-corrected chi connectivity index (χ3v) is 6.05. The molecule has 1 aliphatic heterocycles. The Labute approximate surface area is 167 Å². The third kappa shape index (κ3) is 4.25. The number of benzene rings is 1. The van der Waals surface area contributed by atoms with E-state index >= 15 is 0 Å². The first kappa shape index (κ1) is 19.1. The molecular weight excluding hydrogens is 348 g/mol. The Balaban J connectivity index is 1.60. The summed E-state index contributed by atoms with van der Waals surface area (Å²) in [6.45, 7) is 2.88. The summed E-state index contributed by atoms with van der Waals surface area (Å²) in [4.78, 5) is 24.8. The molecule has 1 aromatic heterocycles.